The van der Waals surface area contributed by atoms with Gasteiger partial charge in [-0.05, 0) is 55.2 Å². The minimum absolute atomic E-state index is 0.0102. The number of hydrogen-bond acceptors (Lipinski definition) is 3. The molecule has 2 rings (SSSR count). The van der Waals surface area contributed by atoms with Crippen LogP contribution in [0.15, 0.2) is 30.3 Å². The van der Waals surface area contributed by atoms with E-state index in [1.165, 1.54) is 22.8 Å². The van der Waals surface area contributed by atoms with Crippen molar-refractivity contribution in [3.05, 3.63) is 67.7 Å². The summed E-state index contributed by atoms with van der Waals surface area (Å²) >= 11 is 5.81. The first-order valence-electron chi connectivity index (χ1n) is 6.63. The van der Waals surface area contributed by atoms with Gasteiger partial charge in [0.25, 0.3) is 5.69 Å². The van der Waals surface area contributed by atoms with E-state index in [1.54, 1.807) is 12.1 Å². The summed E-state index contributed by atoms with van der Waals surface area (Å²) in [5, 5.41) is 14.5. The van der Waals surface area contributed by atoms with E-state index >= 15 is 0 Å². The van der Waals surface area contributed by atoms with E-state index in [2.05, 4.69) is 31.3 Å². The van der Waals surface area contributed by atoms with Gasteiger partial charge < -0.3 is 5.32 Å². The summed E-state index contributed by atoms with van der Waals surface area (Å²) in [5.41, 5.74) is 5.22. The highest BCUT2D eigenvalue weighted by atomic mass is 35.5. The summed E-state index contributed by atoms with van der Waals surface area (Å²) in [7, 11) is 0. The molecule has 0 aliphatic carbocycles. The second-order valence-corrected chi connectivity index (χ2v) is 5.57. The predicted octanol–water partition coefficient (Wildman–Crippen LogP) is 4.79. The Morgan fingerprint density at radius 1 is 1.10 bits per heavy atom. The minimum atomic E-state index is -0.429. The average Bonchev–Trinajstić information content (AvgIpc) is 2.42. The summed E-state index contributed by atoms with van der Waals surface area (Å²) in [4.78, 5) is 10.6. The monoisotopic (exact) mass is 304 g/mol. The van der Waals surface area contributed by atoms with E-state index in [0.717, 1.165) is 5.56 Å². The molecule has 0 heterocycles. The molecule has 2 aromatic carbocycles. The molecule has 0 radical (unpaired) electrons. The van der Waals surface area contributed by atoms with Crippen LogP contribution in [0.3, 0.4) is 0 Å². The second-order valence-electron chi connectivity index (χ2n) is 5.14. The van der Waals surface area contributed by atoms with Crippen molar-refractivity contribution in [2.24, 2.45) is 0 Å². The highest BCUT2D eigenvalue weighted by Crippen LogP contribution is 2.28. The van der Waals surface area contributed by atoms with Crippen LogP contribution in [0.1, 0.15) is 22.3 Å². The molecule has 2 aromatic rings. The van der Waals surface area contributed by atoms with Gasteiger partial charge in [-0.3, -0.25) is 10.1 Å². The summed E-state index contributed by atoms with van der Waals surface area (Å²) in [6.07, 6.45) is 0. The van der Waals surface area contributed by atoms with Crippen molar-refractivity contribution in [3.8, 4) is 0 Å². The number of rotatable bonds is 4. The van der Waals surface area contributed by atoms with E-state index in [9.17, 15) is 10.1 Å². The SMILES string of the molecule is Cc1cc(C)c(CNc2ccc(Cl)cc2[N+](=O)[O-])cc1C. The topological polar surface area (TPSA) is 55.2 Å². The van der Waals surface area contributed by atoms with Gasteiger partial charge in [0.05, 0.1) is 4.92 Å². The smallest absolute Gasteiger partial charge is 0.293 e. The molecule has 0 saturated heterocycles. The van der Waals surface area contributed by atoms with Gasteiger partial charge in [0, 0.05) is 17.6 Å². The number of halogens is 1. The molecule has 4 nitrogen and oxygen atoms in total. The Kier molecular flexibility index (Phi) is 4.48. The van der Waals surface area contributed by atoms with E-state index in [-0.39, 0.29) is 5.69 Å². The second kappa shape index (κ2) is 6.14. The fraction of sp³-hybridized carbons (Fsp3) is 0.250. The van der Waals surface area contributed by atoms with Gasteiger partial charge in [0.15, 0.2) is 0 Å². The van der Waals surface area contributed by atoms with Crippen molar-refractivity contribution < 1.29 is 4.92 Å². The molecule has 0 aromatic heterocycles. The Morgan fingerprint density at radius 2 is 1.76 bits per heavy atom. The van der Waals surface area contributed by atoms with E-state index in [0.29, 0.717) is 17.3 Å². The number of benzene rings is 2. The highest BCUT2D eigenvalue weighted by molar-refractivity contribution is 6.30. The Labute approximate surface area is 128 Å². The zero-order valence-corrected chi connectivity index (χ0v) is 13.0. The zero-order chi connectivity index (χ0) is 15.6. The van der Waals surface area contributed by atoms with Crippen LogP contribution < -0.4 is 5.32 Å². The van der Waals surface area contributed by atoms with E-state index < -0.39 is 4.92 Å². The molecule has 0 aliphatic rings. The maximum Gasteiger partial charge on any atom is 0.293 e. The molecule has 0 amide bonds. The van der Waals surface area contributed by atoms with Gasteiger partial charge in [-0.2, -0.15) is 0 Å². The summed E-state index contributed by atoms with van der Waals surface area (Å²) in [6.45, 7) is 6.71. The number of nitrogens with zero attached hydrogens (tertiary/aromatic N) is 1. The van der Waals surface area contributed by atoms with Crippen LogP contribution >= 0.6 is 11.6 Å². The van der Waals surface area contributed by atoms with Gasteiger partial charge in [0.1, 0.15) is 5.69 Å². The maximum absolute atomic E-state index is 11.1. The predicted molar refractivity (Wildman–Crippen MR) is 86.1 cm³/mol. The molecule has 1 N–H and O–H groups in total. The van der Waals surface area contributed by atoms with Gasteiger partial charge in [0.2, 0.25) is 0 Å². The molecule has 0 spiro atoms. The summed E-state index contributed by atoms with van der Waals surface area (Å²) < 4.78 is 0. The fourth-order valence-corrected chi connectivity index (χ4v) is 2.37. The van der Waals surface area contributed by atoms with E-state index in [1.807, 2.05) is 6.92 Å². The lowest BCUT2D eigenvalue weighted by atomic mass is 10.0. The van der Waals surface area contributed by atoms with Crippen molar-refractivity contribution >= 4 is 23.0 Å². The molecule has 0 aliphatic heterocycles. The number of aryl methyl sites for hydroxylation is 3. The van der Waals surface area contributed by atoms with Gasteiger partial charge >= 0.3 is 0 Å². The van der Waals surface area contributed by atoms with Crippen LogP contribution in [-0.4, -0.2) is 4.92 Å². The average molecular weight is 305 g/mol. The van der Waals surface area contributed by atoms with Crippen LogP contribution in [0.25, 0.3) is 0 Å². The molecular weight excluding hydrogens is 288 g/mol. The third kappa shape index (κ3) is 3.52. The van der Waals surface area contributed by atoms with Crippen molar-refractivity contribution in [1.29, 1.82) is 0 Å². The first kappa shape index (κ1) is 15.3. The van der Waals surface area contributed by atoms with Crippen LogP contribution in [0, 0.1) is 30.9 Å². The lowest BCUT2D eigenvalue weighted by Crippen LogP contribution is -2.04. The van der Waals surface area contributed by atoms with E-state index in [4.69, 9.17) is 11.6 Å². The first-order valence-corrected chi connectivity index (χ1v) is 7.01. The highest BCUT2D eigenvalue weighted by Gasteiger charge is 2.14. The van der Waals surface area contributed by atoms with Crippen LogP contribution in [0.2, 0.25) is 5.02 Å². The van der Waals surface area contributed by atoms with Crippen LogP contribution in [0.4, 0.5) is 11.4 Å². The maximum atomic E-state index is 11.1. The van der Waals surface area contributed by atoms with Crippen molar-refractivity contribution in [2.45, 2.75) is 27.3 Å². The van der Waals surface area contributed by atoms with Crippen molar-refractivity contribution in [2.75, 3.05) is 5.32 Å². The zero-order valence-electron chi connectivity index (χ0n) is 12.2. The summed E-state index contributed by atoms with van der Waals surface area (Å²) in [5.74, 6) is 0. The largest absolute Gasteiger partial charge is 0.375 e. The van der Waals surface area contributed by atoms with Gasteiger partial charge in [-0.25, -0.2) is 0 Å². The standard InChI is InChI=1S/C16H17ClN2O2/c1-10-6-12(3)13(7-11(10)2)9-18-15-5-4-14(17)8-16(15)19(20)21/h4-8,18H,9H2,1-3H3. The van der Waals surface area contributed by atoms with Gasteiger partial charge in [-0.15, -0.1) is 0 Å². The molecule has 0 saturated carbocycles. The lowest BCUT2D eigenvalue weighted by Gasteiger charge is -2.12. The molecule has 110 valence electrons. The Morgan fingerprint density at radius 3 is 2.43 bits per heavy atom. The Hall–Kier alpha value is -2.07. The number of hydrogen-bond donors (Lipinski definition) is 1. The van der Waals surface area contributed by atoms with Crippen molar-refractivity contribution in [1.82, 2.24) is 0 Å². The first-order chi connectivity index (χ1) is 9.88. The Balaban J connectivity index is 2.25. The minimum Gasteiger partial charge on any atom is -0.375 e. The number of anilines is 1. The van der Waals surface area contributed by atoms with Crippen LogP contribution in [0.5, 0.6) is 0 Å². The fourth-order valence-electron chi connectivity index (χ4n) is 2.21. The summed E-state index contributed by atoms with van der Waals surface area (Å²) in [6, 6.07) is 8.88. The lowest BCUT2D eigenvalue weighted by molar-refractivity contribution is -0.383. The molecule has 21 heavy (non-hydrogen) atoms. The number of nitrogens with one attached hydrogen (secondary N) is 1. The van der Waals surface area contributed by atoms with Crippen molar-refractivity contribution in [3.63, 3.8) is 0 Å². The third-order valence-corrected chi connectivity index (χ3v) is 3.81. The molecule has 0 bridgehead atoms. The number of nitro groups is 1. The normalized spacial score (nSPS) is 10.5. The Bertz CT molecular complexity index is 699. The molecule has 0 atom stereocenters. The van der Waals surface area contributed by atoms with Crippen LogP contribution in [-0.2, 0) is 6.54 Å². The molecule has 0 unspecified atom stereocenters. The quantitative estimate of drug-likeness (QED) is 0.653. The molecule has 0 fully saturated rings. The molecule has 5 heteroatoms. The van der Waals surface area contributed by atoms with Gasteiger partial charge in [-0.1, -0.05) is 23.7 Å². The molecular formula is C16H17ClN2O2. The number of nitro benzene ring substituents is 1. The third-order valence-electron chi connectivity index (χ3n) is 3.58.